The second-order valence-electron chi connectivity index (χ2n) is 4.75. The number of rotatable bonds is 4. The molecule has 2 rings (SSSR count). The topological polar surface area (TPSA) is 116 Å². The maximum absolute atomic E-state index is 11.7. The summed E-state index contributed by atoms with van der Waals surface area (Å²) in [5.41, 5.74) is 0. The van der Waals surface area contributed by atoms with Crippen molar-refractivity contribution in [2.24, 2.45) is 5.92 Å². The zero-order valence-corrected chi connectivity index (χ0v) is 10.2. The molecule has 1 aliphatic carbocycles. The molecule has 2 aliphatic rings. The van der Waals surface area contributed by atoms with Crippen molar-refractivity contribution in [3.05, 3.63) is 0 Å². The number of urea groups is 1. The monoisotopic (exact) mass is 269 g/mol. The lowest BCUT2D eigenvalue weighted by molar-refractivity contribution is -0.141. The number of carboxylic acids is 1. The Kier molecular flexibility index (Phi) is 3.68. The highest BCUT2D eigenvalue weighted by Crippen LogP contribution is 2.25. The number of imide groups is 1. The van der Waals surface area contributed by atoms with E-state index in [1.165, 1.54) is 0 Å². The molecule has 4 amide bonds. The number of hydrogen-bond donors (Lipinski definition) is 3. The summed E-state index contributed by atoms with van der Waals surface area (Å²) in [6.45, 7) is -0.407. The third-order valence-electron chi connectivity index (χ3n) is 3.39. The summed E-state index contributed by atoms with van der Waals surface area (Å²) in [5, 5.41) is 13.8. The van der Waals surface area contributed by atoms with Crippen LogP contribution < -0.4 is 10.6 Å². The molecule has 0 aromatic rings. The van der Waals surface area contributed by atoms with Crippen LogP contribution >= 0.6 is 0 Å². The van der Waals surface area contributed by atoms with Gasteiger partial charge in [0.25, 0.3) is 5.91 Å². The third-order valence-corrected chi connectivity index (χ3v) is 3.39. The molecule has 104 valence electrons. The van der Waals surface area contributed by atoms with E-state index in [-0.39, 0.29) is 19.1 Å². The summed E-state index contributed by atoms with van der Waals surface area (Å²) in [5.74, 6) is -2.16. The van der Waals surface area contributed by atoms with Gasteiger partial charge in [-0.15, -0.1) is 0 Å². The van der Waals surface area contributed by atoms with Crippen molar-refractivity contribution < 1.29 is 24.3 Å². The minimum absolute atomic E-state index is 0.0867. The highest BCUT2D eigenvalue weighted by Gasteiger charge is 2.33. The van der Waals surface area contributed by atoms with E-state index in [4.69, 9.17) is 5.11 Å². The molecule has 2 fully saturated rings. The Morgan fingerprint density at radius 3 is 2.63 bits per heavy atom. The van der Waals surface area contributed by atoms with Crippen LogP contribution in [-0.2, 0) is 14.4 Å². The van der Waals surface area contributed by atoms with Crippen LogP contribution in [0.15, 0.2) is 0 Å². The van der Waals surface area contributed by atoms with Gasteiger partial charge >= 0.3 is 12.0 Å². The van der Waals surface area contributed by atoms with Crippen molar-refractivity contribution in [3.8, 4) is 0 Å². The highest BCUT2D eigenvalue weighted by molar-refractivity contribution is 6.04. The van der Waals surface area contributed by atoms with Crippen molar-refractivity contribution in [2.75, 3.05) is 13.1 Å². The number of carboxylic acid groups (broad SMARTS) is 1. The quantitative estimate of drug-likeness (QED) is 0.561. The number of nitrogens with one attached hydrogen (secondary N) is 2. The summed E-state index contributed by atoms with van der Waals surface area (Å²) in [4.78, 5) is 45.8. The van der Waals surface area contributed by atoms with Crippen LogP contribution in [0.5, 0.6) is 0 Å². The number of carbonyl (C=O) groups excluding carboxylic acids is 3. The first-order valence-corrected chi connectivity index (χ1v) is 6.07. The first-order chi connectivity index (χ1) is 8.97. The molecule has 2 atom stereocenters. The first-order valence-electron chi connectivity index (χ1n) is 6.07. The first kappa shape index (κ1) is 13.3. The van der Waals surface area contributed by atoms with Gasteiger partial charge in [-0.05, 0) is 19.3 Å². The van der Waals surface area contributed by atoms with Crippen molar-refractivity contribution in [1.82, 2.24) is 15.5 Å². The molecule has 0 aromatic heterocycles. The lowest BCUT2D eigenvalue weighted by atomic mass is 10.1. The molecule has 19 heavy (non-hydrogen) atoms. The number of amides is 4. The summed E-state index contributed by atoms with van der Waals surface area (Å²) < 4.78 is 0. The van der Waals surface area contributed by atoms with Crippen molar-refractivity contribution in [2.45, 2.75) is 25.3 Å². The Bertz CT molecular complexity index is 420. The molecular formula is C11H15N3O5. The largest absolute Gasteiger partial charge is 0.481 e. The minimum Gasteiger partial charge on any atom is -0.481 e. The molecule has 8 nitrogen and oxygen atoms in total. The fourth-order valence-corrected chi connectivity index (χ4v) is 2.37. The molecule has 1 saturated carbocycles. The fourth-order valence-electron chi connectivity index (χ4n) is 2.37. The van der Waals surface area contributed by atoms with Crippen LogP contribution in [0.4, 0.5) is 4.79 Å². The van der Waals surface area contributed by atoms with Crippen molar-refractivity contribution in [1.29, 1.82) is 0 Å². The van der Waals surface area contributed by atoms with E-state index < -0.39 is 29.7 Å². The molecule has 0 unspecified atom stereocenters. The molecule has 3 N–H and O–H groups in total. The van der Waals surface area contributed by atoms with Crippen LogP contribution in [0.3, 0.4) is 0 Å². The van der Waals surface area contributed by atoms with E-state index in [1.807, 2.05) is 0 Å². The normalized spacial score (nSPS) is 26.4. The average Bonchev–Trinajstić information content (AvgIpc) is 2.91. The van der Waals surface area contributed by atoms with Crippen LogP contribution in [0.25, 0.3) is 0 Å². The molecule has 0 radical (unpaired) electrons. The van der Waals surface area contributed by atoms with Crippen LogP contribution in [-0.4, -0.2) is 53.0 Å². The van der Waals surface area contributed by atoms with Gasteiger partial charge in [0.1, 0.15) is 6.54 Å². The lowest BCUT2D eigenvalue weighted by Gasteiger charge is -2.16. The van der Waals surface area contributed by atoms with E-state index in [9.17, 15) is 19.2 Å². The van der Waals surface area contributed by atoms with Gasteiger partial charge in [0, 0.05) is 6.04 Å². The summed E-state index contributed by atoms with van der Waals surface area (Å²) in [6.07, 6.45) is 1.52. The van der Waals surface area contributed by atoms with E-state index >= 15 is 0 Å². The molecular weight excluding hydrogens is 254 g/mol. The fraction of sp³-hybridized carbons (Fsp3) is 0.636. The second-order valence-corrected chi connectivity index (χ2v) is 4.75. The number of aliphatic carboxylic acids is 1. The SMILES string of the molecule is O=C(CN1C(=O)CNC1=O)N[C@H]1CC[C@@H](C(=O)O)C1. The Hall–Kier alpha value is -2.12. The summed E-state index contributed by atoms with van der Waals surface area (Å²) >= 11 is 0. The molecule has 0 bridgehead atoms. The van der Waals surface area contributed by atoms with Crippen LogP contribution in [0.2, 0.25) is 0 Å². The second kappa shape index (κ2) is 5.25. The highest BCUT2D eigenvalue weighted by atomic mass is 16.4. The molecule has 0 spiro atoms. The van der Waals surface area contributed by atoms with Crippen molar-refractivity contribution in [3.63, 3.8) is 0 Å². The van der Waals surface area contributed by atoms with Crippen LogP contribution in [0.1, 0.15) is 19.3 Å². The number of hydrogen-bond acceptors (Lipinski definition) is 4. The lowest BCUT2D eigenvalue weighted by Crippen LogP contribution is -2.43. The van der Waals surface area contributed by atoms with Gasteiger partial charge in [0.05, 0.1) is 12.5 Å². The van der Waals surface area contributed by atoms with Gasteiger partial charge < -0.3 is 15.7 Å². The molecule has 1 saturated heterocycles. The Labute approximate surface area is 109 Å². The molecule has 0 aromatic carbocycles. The average molecular weight is 269 g/mol. The molecule has 1 aliphatic heterocycles. The Morgan fingerprint density at radius 1 is 1.37 bits per heavy atom. The predicted octanol–water partition coefficient (Wildman–Crippen LogP) is -1.09. The van der Waals surface area contributed by atoms with Gasteiger partial charge in [0.15, 0.2) is 0 Å². The van der Waals surface area contributed by atoms with E-state index in [1.54, 1.807) is 0 Å². The smallest absolute Gasteiger partial charge is 0.325 e. The van der Waals surface area contributed by atoms with Gasteiger partial charge in [0.2, 0.25) is 5.91 Å². The van der Waals surface area contributed by atoms with Crippen molar-refractivity contribution >= 4 is 23.8 Å². The number of nitrogens with zero attached hydrogens (tertiary/aromatic N) is 1. The third kappa shape index (κ3) is 3.01. The van der Waals surface area contributed by atoms with E-state index in [0.717, 1.165) is 4.90 Å². The van der Waals surface area contributed by atoms with Gasteiger partial charge in [-0.25, -0.2) is 4.79 Å². The van der Waals surface area contributed by atoms with Gasteiger partial charge in [-0.3, -0.25) is 19.3 Å². The Balaban J connectivity index is 1.81. The predicted molar refractivity (Wildman–Crippen MR) is 62.0 cm³/mol. The minimum atomic E-state index is -0.856. The van der Waals surface area contributed by atoms with E-state index in [0.29, 0.717) is 19.3 Å². The maximum Gasteiger partial charge on any atom is 0.325 e. The van der Waals surface area contributed by atoms with Gasteiger partial charge in [-0.2, -0.15) is 0 Å². The van der Waals surface area contributed by atoms with E-state index in [2.05, 4.69) is 10.6 Å². The summed E-state index contributed by atoms with van der Waals surface area (Å²) in [7, 11) is 0. The standard InChI is InChI=1S/C11H15N3O5/c15-8(5-14-9(16)4-12-11(14)19)13-7-2-1-6(3-7)10(17)18/h6-7H,1-5H2,(H,12,19)(H,13,15)(H,17,18)/t6-,7+/m1/s1. The maximum atomic E-state index is 11.7. The zero-order valence-electron chi connectivity index (χ0n) is 10.2. The molecule has 1 heterocycles. The number of carbonyl (C=O) groups is 4. The van der Waals surface area contributed by atoms with Crippen LogP contribution in [0, 0.1) is 5.92 Å². The summed E-state index contributed by atoms with van der Waals surface area (Å²) in [6, 6.07) is -0.774. The molecule has 8 heteroatoms. The Morgan fingerprint density at radius 2 is 2.11 bits per heavy atom. The van der Waals surface area contributed by atoms with Gasteiger partial charge in [-0.1, -0.05) is 0 Å². The zero-order chi connectivity index (χ0) is 14.0.